The second-order valence-corrected chi connectivity index (χ2v) is 6.51. The van der Waals surface area contributed by atoms with Crippen LogP contribution in [0.5, 0.6) is 0 Å². The molecule has 0 radical (unpaired) electrons. The molecule has 1 saturated heterocycles. The van der Waals surface area contributed by atoms with Crippen LogP contribution in [0.1, 0.15) is 6.42 Å². The van der Waals surface area contributed by atoms with Gasteiger partial charge in [-0.3, -0.25) is 14.3 Å². The summed E-state index contributed by atoms with van der Waals surface area (Å²) in [4.78, 5) is 25.7. The molecule has 1 atom stereocenters. The van der Waals surface area contributed by atoms with Crippen LogP contribution >= 0.6 is 23.2 Å². The van der Waals surface area contributed by atoms with Gasteiger partial charge < -0.3 is 15.5 Å². The Kier molecular flexibility index (Phi) is 5.15. The van der Waals surface area contributed by atoms with E-state index in [1.807, 2.05) is 0 Å². The maximum Gasteiger partial charge on any atom is 0.249 e. The third kappa shape index (κ3) is 3.88. The average Bonchev–Trinajstić information content (AvgIpc) is 3.16. The number of benzene rings is 1. The molecule has 9 heteroatoms. The highest BCUT2D eigenvalue weighted by Crippen LogP contribution is 2.32. The molecule has 1 aromatic carbocycles. The lowest BCUT2D eigenvalue weighted by molar-refractivity contribution is -0.121. The smallest absolute Gasteiger partial charge is 0.249 e. The average molecular weight is 382 g/mol. The third-order valence-corrected chi connectivity index (χ3v) is 4.50. The Morgan fingerprint density at radius 1 is 1.40 bits per heavy atom. The van der Waals surface area contributed by atoms with Gasteiger partial charge in [0.15, 0.2) is 0 Å². The van der Waals surface area contributed by atoms with Crippen molar-refractivity contribution in [3.8, 4) is 0 Å². The number of carbonyl (C=O) groups is 2. The summed E-state index contributed by atoms with van der Waals surface area (Å²) in [5, 5.41) is 10.8. The molecule has 0 bridgehead atoms. The Hall–Kier alpha value is -2.25. The quantitative estimate of drug-likeness (QED) is 0.831. The molecule has 1 fully saturated rings. The van der Waals surface area contributed by atoms with Crippen molar-refractivity contribution in [2.24, 2.45) is 0 Å². The fourth-order valence-corrected chi connectivity index (χ4v) is 3.22. The number of nitrogens with one attached hydrogen (secondary N) is 2. The van der Waals surface area contributed by atoms with E-state index in [4.69, 9.17) is 23.2 Å². The Morgan fingerprint density at radius 3 is 2.92 bits per heavy atom. The fraction of sp³-hybridized carbons (Fsp3) is 0.312. The summed E-state index contributed by atoms with van der Waals surface area (Å²) in [7, 11) is 1.57. The molecule has 1 aromatic heterocycles. The summed E-state index contributed by atoms with van der Waals surface area (Å²) in [6.45, 7) is 0.688. The van der Waals surface area contributed by atoms with Gasteiger partial charge in [0.25, 0.3) is 0 Å². The van der Waals surface area contributed by atoms with Gasteiger partial charge in [0.05, 0.1) is 22.6 Å². The number of rotatable bonds is 5. The largest absolute Gasteiger partial charge is 0.371 e. The van der Waals surface area contributed by atoms with E-state index in [2.05, 4.69) is 15.7 Å². The zero-order valence-corrected chi connectivity index (χ0v) is 15.0. The molecular weight excluding hydrogens is 365 g/mol. The predicted molar refractivity (Wildman–Crippen MR) is 97.1 cm³/mol. The number of nitrogens with zero attached hydrogens (tertiary/aromatic N) is 3. The summed E-state index contributed by atoms with van der Waals surface area (Å²) < 4.78 is 1.51. The standard InChI is InChI=1S/C16H17Cl2N5O2/c1-19-15(24)9-22-8-11(7-20-22)21-13-4-5-23(16(13)25)14-3-2-10(17)6-12(14)18/h2-3,6-8,13,21H,4-5,9H2,1H3,(H,19,24)/t13-/m0/s1. The molecule has 2 heterocycles. The van der Waals surface area contributed by atoms with Crippen molar-refractivity contribution in [3.63, 3.8) is 0 Å². The minimum atomic E-state index is -0.371. The zero-order valence-electron chi connectivity index (χ0n) is 13.5. The summed E-state index contributed by atoms with van der Waals surface area (Å²) in [6.07, 6.45) is 3.92. The van der Waals surface area contributed by atoms with Gasteiger partial charge >= 0.3 is 0 Å². The molecular formula is C16H17Cl2N5O2. The van der Waals surface area contributed by atoms with Crippen LogP contribution in [-0.2, 0) is 16.1 Å². The Labute approximate surface area is 154 Å². The topological polar surface area (TPSA) is 79.3 Å². The van der Waals surface area contributed by atoms with E-state index >= 15 is 0 Å². The van der Waals surface area contributed by atoms with Crippen LogP contribution < -0.4 is 15.5 Å². The van der Waals surface area contributed by atoms with Crippen molar-refractivity contribution in [2.45, 2.75) is 19.0 Å². The number of hydrogen-bond donors (Lipinski definition) is 2. The highest BCUT2D eigenvalue weighted by molar-refractivity contribution is 6.36. The number of carbonyl (C=O) groups excluding carboxylic acids is 2. The summed E-state index contributed by atoms with van der Waals surface area (Å²) in [5.41, 5.74) is 1.34. The van der Waals surface area contributed by atoms with E-state index in [0.29, 0.717) is 34.4 Å². The van der Waals surface area contributed by atoms with E-state index in [1.54, 1.807) is 42.5 Å². The number of hydrogen-bond acceptors (Lipinski definition) is 4. The van der Waals surface area contributed by atoms with Gasteiger partial charge in [-0.2, -0.15) is 5.10 Å². The Balaban J connectivity index is 1.67. The number of anilines is 2. The lowest BCUT2D eigenvalue weighted by Crippen LogP contribution is -2.33. The Morgan fingerprint density at radius 2 is 2.20 bits per heavy atom. The Bertz CT molecular complexity index is 808. The van der Waals surface area contributed by atoms with Gasteiger partial charge in [0.1, 0.15) is 12.6 Å². The van der Waals surface area contributed by atoms with E-state index in [0.717, 1.165) is 0 Å². The SMILES string of the molecule is CNC(=O)Cn1cc(N[C@H]2CCN(c3ccc(Cl)cc3Cl)C2=O)cn1. The van der Waals surface area contributed by atoms with Gasteiger partial charge in [0, 0.05) is 24.8 Å². The van der Waals surface area contributed by atoms with Crippen LogP contribution in [0.2, 0.25) is 10.0 Å². The van der Waals surface area contributed by atoms with Crippen molar-refractivity contribution in [1.29, 1.82) is 0 Å². The minimum Gasteiger partial charge on any atom is -0.371 e. The fourth-order valence-electron chi connectivity index (χ4n) is 2.71. The van der Waals surface area contributed by atoms with Crippen LogP contribution in [0, 0.1) is 0 Å². The molecule has 0 aliphatic carbocycles. The monoisotopic (exact) mass is 381 g/mol. The summed E-state index contributed by atoms with van der Waals surface area (Å²) in [5.74, 6) is -0.210. The molecule has 1 aliphatic heterocycles. The van der Waals surface area contributed by atoms with Crippen molar-refractivity contribution in [2.75, 3.05) is 23.8 Å². The first-order chi connectivity index (χ1) is 12.0. The molecule has 2 amide bonds. The molecule has 25 heavy (non-hydrogen) atoms. The first-order valence-corrected chi connectivity index (χ1v) is 8.49. The van der Waals surface area contributed by atoms with E-state index in [-0.39, 0.29) is 24.4 Å². The van der Waals surface area contributed by atoms with Gasteiger partial charge in [-0.15, -0.1) is 0 Å². The molecule has 2 N–H and O–H groups in total. The van der Waals surface area contributed by atoms with E-state index < -0.39 is 0 Å². The molecule has 2 aromatic rings. The van der Waals surface area contributed by atoms with Crippen LogP contribution in [0.15, 0.2) is 30.6 Å². The second kappa shape index (κ2) is 7.33. The van der Waals surface area contributed by atoms with Crippen molar-refractivity contribution in [1.82, 2.24) is 15.1 Å². The molecule has 0 saturated carbocycles. The van der Waals surface area contributed by atoms with E-state index in [1.165, 1.54) is 4.68 Å². The summed E-state index contributed by atoms with van der Waals surface area (Å²) in [6, 6.07) is 4.70. The van der Waals surface area contributed by atoms with Crippen molar-refractivity contribution < 1.29 is 9.59 Å². The maximum absolute atomic E-state index is 12.7. The highest BCUT2D eigenvalue weighted by atomic mass is 35.5. The maximum atomic E-state index is 12.7. The first kappa shape index (κ1) is 17.6. The summed E-state index contributed by atoms with van der Waals surface area (Å²) >= 11 is 12.1. The zero-order chi connectivity index (χ0) is 18.0. The second-order valence-electron chi connectivity index (χ2n) is 5.67. The highest BCUT2D eigenvalue weighted by Gasteiger charge is 2.33. The predicted octanol–water partition coefficient (Wildman–Crippen LogP) is 2.15. The van der Waals surface area contributed by atoms with Crippen molar-refractivity contribution in [3.05, 3.63) is 40.6 Å². The normalized spacial score (nSPS) is 17.0. The van der Waals surface area contributed by atoms with Crippen LogP contribution in [-0.4, -0.2) is 41.2 Å². The van der Waals surface area contributed by atoms with Gasteiger partial charge in [-0.25, -0.2) is 0 Å². The van der Waals surface area contributed by atoms with Crippen LogP contribution in [0.4, 0.5) is 11.4 Å². The minimum absolute atomic E-state index is 0.0664. The molecule has 3 rings (SSSR count). The van der Waals surface area contributed by atoms with Gasteiger partial charge in [-0.1, -0.05) is 23.2 Å². The van der Waals surface area contributed by atoms with Gasteiger partial charge in [-0.05, 0) is 24.6 Å². The molecule has 132 valence electrons. The van der Waals surface area contributed by atoms with Crippen molar-refractivity contribution >= 4 is 46.4 Å². The molecule has 1 aliphatic rings. The molecule has 0 spiro atoms. The number of halogens is 2. The third-order valence-electron chi connectivity index (χ3n) is 3.96. The number of amides is 2. The van der Waals surface area contributed by atoms with Crippen LogP contribution in [0.25, 0.3) is 0 Å². The molecule has 7 nitrogen and oxygen atoms in total. The van der Waals surface area contributed by atoms with E-state index in [9.17, 15) is 9.59 Å². The number of likely N-dealkylation sites (N-methyl/N-ethyl adjacent to an activating group) is 1. The first-order valence-electron chi connectivity index (χ1n) is 7.74. The van der Waals surface area contributed by atoms with Crippen LogP contribution in [0.3, 0.4) is 0 Å². The van der Waals surface area contributed by atoms with Gasteiger partial charge in [0.2, 0.25) is 11.8 Å². The molecule has 0 unspecified atom stereocenters. The lowest BCUT2D eigenvalue weighted by atomic mass is 10.2. The lowest BCUT2D eigenvalue weighted by Gasteiger charge is -2.18. The number of aromatic nitrogens is 2.